The molecule has 0 spiro atoms. The van der Waals surface area contributed by atoms with Crippen molar-refractivity contribution in [3.8, 4) is 0 Å². The summed E-state index contributed by atoms with van der Waals surface area (Å²) in [6.45, 7) is 1.66. The molecule has 0 aliphatic carbocycles. The van der Waals surface area contributed by atoms with Gasteiger partial charge in [-0.2, -0.15) is 13.2 Å². The summed E-state index contributed by atoms with van der Waals surface area (Å²) in [6, 6.07) is 2.46. The number of hydrogen-bond donors (Lipinski definition) is 0. The molecule has 0 unspecified atom stereocenters. The van der Waals surface area contributed by atoms with E-state index in [0.717, 1.165) is 12.1 Å². The zero-order valence-electron chi connectivity index (χ0n) is 7.40. The van der Waals surface area contributed by atoms with Crippen molar-refractivity contribution < 1.29 is 17.6 Å². The Bertz CT molecular complexity index is 350. The molecule has 0 aliphatic rings. The molecular weight excluding hydrogens is 196 g/mol. The number of benzene rings is 1. The molecular formula is C10H8F4. The van der Waals surface area contributed by atoms with Crippen molar-refractivity contribution in [2.45, 2.75) is 13.1 Å². The maximum absolute atomic E-state index is 13.0. The first-order valence-electron chi connectivity index (χ1n) is 3.94. The Kier molecular flexibility index (Phi) is 2.93. The SMILES string of the molecule is C/C=C\c1ccc(C(F)(F)F)cc1F. The minimum absolute atomic E-state index is 0.153. The fourth-order valence-corrected chi connectivity index (χ4v) is 1.02. The molecule has 0 amide bonds. The largest absolute Gasteiger partial charge is 0.416 e. The molecule has 0 atom stereocenters. The summed E-state index contributed by atoms with van der Waals surface area (Å²) in [5.41, 5.74) is -0.816. The summed E-state index contributed by atoms with van der Waals surface area (Å²) in [7, 11) is 0. The molecule has 1 aromatic carbocycles. The lowest BCUT2D eigenvalue weighted by Crippen LogP contribution is -2.05. The fraction of sp³-hybridized carbons (Fsp3) is 0.200. The van der Waals surface area contributed by atoms with E-state index in [0.29, 0.717) is 6.07 Å². The highest BCUT2D eigenvalue weighted by atomic mass is 19.4. The topological polar surface area (TPSA) is 0 Å². The lowest BCUT2D eigenvalue weighted by molar-refractivity contribution is -0.137. The molecule has 0 N–H and O–H groups in total. The summed E-state index contributed by atoms with van der Waals surface area (Å²) < 4.78 is 49.3. The first kappa shape index (κ1) is 10.8. The highest BCUT2D eigenvalue weighted by molar-refractivity contribution is 5.50. The van der Waals surface area contributed by atoms with Crippen LogP contribution in [0.3, 0.4) is 0 Å². The van der Waals surface area contributed by atoms with Crippen LogP contribution >= 0.6 is 0 Å². The molecule has 1 aromatic rings. The van der Waals surface area contributed by atoms with Crippen LogP contribution in [0.15, 0.2) is 24.3 Å². The number of hydrogen-bond acceptors (Lipinski definition) is 0. The van der Waals surface area contributed by atoms with Crippen LogP contribution in [0.1, 0.15) is 18.1 Å². The highest BCUT2D eigenvalue weighted by Crippen LogP contribution is 2.30. The van der Waals surface area contributed by atoms with Gasteiger partial charge in [0.05, 0.1) is 5.56 Å². The molecule has 14 heavy (non-hydrogen) atoms. The third-order valence-corrected chi connectivity index (χ3v) is 1.67. The van der Waals surface area contributed by atoms with Gasteiger partial charge in [0.15, 0.2) is 0 Å². The van der Waals surface area contributed by atoms with E-state index >= 15 is 0 Å². The van der Waals surface area contributed by atoms with Crippen molar-refractivity contribution in [1.29, 1.82) is 0 Å². The van der Waals surface area contributed by atoms with Crippen molar-refractivity contribution >= 4 is 6.08 Å². The third-order valence-electron chi connectivity index (χ3n) is 1.67. The maximum Gasteiger partial charge on any atom is 0.416 e. The van der Waals surface area contributed by atoms with Crippen molar-refractivity contribution in [2.24, 2.45) is 0 Å². The average molecular weight is 204 g/mol. The second kappa shape index (κ2) is 3.82. The van der Waals surface area contributed by atoms with Crippen LogP contribution < -0.4 is 0 Å². The van der Waals surface area contributed by atoms with Gasteiger partial charge in [-0.25, -0.2) is 4.39 Å². The van der Waals surface area contributed by atoms with Gasteiger partial charge in [-0.3, -0.25) is 0 Å². The smallest absolute Gasteiger partial charge is 0.206 e. The second-order valence-corrected chi connectivity index (χ2v) is 2.73. The first-order chi connectivity index (χ1) is 6.45. The molecule has 0 nitrogen and oxygen atoms in total. The van der Waals surface area contributed by atoms with Gasteiger partial charge in [-0.05, 0) is 19.1 Å². The Balaban J connectivity index is 3.13. The molecule has 1 rings (SSSR count). The summed E-state index contributed by atoms with van der Waals surface area (Å²) in [4.78, 5) is 0. The van der Waals surface area contributed by atoms with Gasteiger partial charge in [0, 0.05) is 5.56 Å². The van der Waals surface area contributed by atoms with Crippen LogP contribution in [0.2, 0.25) is 0 Å². The van der Waals surface area contributed by atoms with Gasteiger partial charge in [0.25, 0.3) is 0 Å². The molecule has 0 aliphatic heterocycles. The Labute approximate surface area is 78.9 Å². The predicted octanol–water partition coefficient (Wildman–Crippen LogP) is 3.88. The summed E-state index contributed by atoms with van der Waals surface area (Å²) >= 11 is 0. The maximum atomic E-state index is 13.0. The van der Waals surface area contributed by atoms with Gasteiger partial charge in [-0.1, -0.05) is 18.2 Å². The molecule has 0 aromatic heterocycles. The Morgan fingerprint density at radius 2 is 1.86 bits per heavy atom. The molecule has 76 valence electrons. The van der Waals surface area contributed by atoms with Crippen LogP contribution in [0.4, 0.5) is 17.6 Å². The van der Waals surface area contributed by atoms with Crippen molar-refractivity contribution in [3.63, 3.8) is 0 Å². The van der Waals surface area contributed by atoms with Gasteiger partial charge in [0.2, 0.25) is 0 Å². The predicted molar refractivity (Wildman–Crippen MR) is 46.1 cm³/mol. The lowest BCUT2D eigenvalue weighted by Gasteiger charge is -2.07. The van der Waals surface area contributed by atoms with E-state index in [1.54, 1.807) is 13.0 Å². The van der Waals surface area contributed by atoms with Crippen LogP contribution in [0.25, 0.3) is 6.08 Å². The third kappa shape index (κ3) is 2.34. The monoisotopic (exact) mass is 204 g/mol. The minimum Gasteiger partial charge on any atom is -0.206 e. The van der Waals surface area contributed by atoms with Crippen LogP contribution in [0, 0.1) is 5.82 Å². The normalized spacial score (nSPS) is 12.4. The van der Waals surface area contributed by atoms with E-state index < -0.39 is 17.6 Å². The number of allylic oxidation sites excluding steroid dienone is 1. The molecule has 0 saturated heterocycles. The fourth-order valence-electron chi connectivity index (χ4n) is 1.02. The molecule has 0 fully saturated rings. The first-order valence-corrected chi connectivity index (χ1v) is 3.94. The van der Waals surface area contributed by atoms with E-state index in [4.69, 9.17) is 0 Å². The van der Waals surface area contributed by atoms with E-state index in [-0.39, 0.29) is 5.56 Å². The van der Waals surface area contributed by atoms with Crippen LogP contribution in [-0.4, -0.2) is 0 Å². The number of alkyl halides is 3. The van der Waals surface area contributed by atoms with E-state index in [1.165, 1.54) is 6.08 Å². The molecule has 0 bridgehead atoms. The van der Waals surface area contributed by atoms with Crippen molar-refractivity contribution in [2.75, 3.05) is 0 Å². The molecule has 0 heterocycles. The van der Waals surface area contributed by atoms with Crippen molar-refractivity contribution in [3.05, 3.63) is 41.2 Å². The quantitative estimate of drug-likeness (QED) is 0.609. The minimum atomic E-state index is -4.49. The summed E-state index contributed by atoms with van der Waals surface area (Å²) in [5, 5.41) is 0. The van der Waals surface area contributed by atoms with Crippen LogP contribution in [-0.2, 0) is 6.18 Å². The Morgan fingerprint density at radius 3 is 2.29 bits per heavy atom. The Morgan fingerprint density at radius 1 is 1.21 bits per heavy atom. The molecule has 0 radical (unpaired) electrons. The lowest BCUT2D eigenvalue weighted by atomic mass is 10.1. The standard InChI is InChI=1S/C10H8F4/c1-2-3-7-4-5-8(6-9(7)11)10(12,13)14/h2-6H,1H3/b3-2-. The number of halogens is 4. The van der Waals surface area contributed by atoms with Crippen LogP contribution in [0.5, 0.6) is 0 Å². The highest BCUT2D eigenvalue weighted by Gasteiger charge is 2.30. The van der Waals surface area contributed by atoms with Gasteiger partial charge < -0.3 is 0 Å². The van der Waals surface area contributed by atoms with Gasteiger partial charge in [-0.15, -0.1) is 0 Å². The average Bonchev–Trinajstić information content (AvgIpc) is 2.07. The van der Waals surface area contributed by atoms with Gasteiger partial charge >= 0.3 is 6.18 Å². The number of rotatable bonds is 1. The zero-order chi connectivity index (χ0) is 10.8. The summed E-state index contributed by atoms with van der Waals surface area (Å²) in [6.07, 6.45) is -1.52. The van der Waals surface area contributed by atoms with E-state index in [1.807, 2.05) is 0 Å². The van der Waals surface area contributed by atoms with Gasteiger partial charge in [0.1, 0.15) is 5.82 Å². The molecule has 4 heteroatoms. The summed E-state index contributed by atoms with van der Waals surface area (Å²) in [5.74, 6) is -0.863. The van der Waals surface area contributed by atoms with E-state index in [9.17, 15) is 17.6 Å². The van der Waals surface area contributed by atoms with Crippen molar-refractivity contribution in [1.82, 2.24) is 0 Å². The zero-order valence-corrected chi connectivity index (χ0v) is 7.40. The Hall–Kier alpha value is -1.32. The van der Waals surface area contributed by atoms with E-state index in [2.05, 4.69) is 0 Å². The second-order valence-electron chi connectivity index (χ2n) is 2.73. The molecule has 0 saturated carbocycles.